The Hall–Kier alpha value is -1.39. The highest BCUT2D eigenvalue weighted by Gasteiger charge is 2.25. The van der Waals surface area contributed by atoms with Crippen molar-refractivity contribution in [2.75, 3.05) is 13.1 Å². The van der Waals surface area contributed by atoms with E-state index < -0.39 is 5.97 Å². The van der Waals surface area contributed by atoms with E-state index in [2.05, 4.69) is 34.5 Å². The molecule has 2 aliphatic rings. The highest BCUT2D eigenvalue weighted by molar-refractivity contribution is 5.70. The van der Waals surface area contributed by atoms with Crippen LogP contribution in [0.4, 0.5) is 0 Å². The van der Waals surface area contributed by atoms with Crippen LogP contribution >= 0.6 is 0 Å². The molecule has 0 spiro atoms. The second kappa shape index (κ2) is 9.35. The van der Waals surface area contributed by atoms with Crippen LogP contribution in [0.15, 0.2) is 24.3 Å². The van der Waals surface area contributed by atoms with E-state index in [-0.39, 0.29) is 5.92 Å². The smallest absolute Gasteiger partial charge is 0.306 e. The SMILES string of the molecule is O=C(O)C1CCC(NCc2ccccc2CN2CCCCCC2)CC1. The molecule has 1 saturated heterocycles. The molecule has 0 unspecified atom stereocenters. The molecule has 0 aromatic heterocycles. The first-order chi connectivity index (χ1) is 12.2. The van der Waals surface area contributed by atoms with Crippen LogP contribution < -0.4 is 5.32 Å². The molecule has 138 valence electrons. The zero-order valence-corrected chi connectivity index (χ0v) is 15.3. The molecule has 1 aromatic rings. The van der Waals surface area contributed by atoms with E-state index >= 15 is 0 Å². The van der Waals surface area contributed by atoms with Gasteiger partial charge in [-0.3, -0.25) is 9.69 Å². The number of carboxylic acid groups (broad SMARTS) is 1. The molecule has 4 nitrogen and oxygen atoms in total. The summed E-state index contributed by atoms with van der Waals surface area (Å²) in [6.07, 6.45) is 8.97. The van der Waals surface area contributed by atoms with Gasteiger partial charge in [0.15, 0.2) is 0 Å². The van der Waals surface area contributed by atoms with E-state index in [9.17, 15) is 4.79 Å². The standard InChI is InChI=1S/C21H32N2O2/c24-21(25)17-9-11-20(12-10-17)22-15-18-7-3-4-8-19(18)16-23-13-5-1-2-6-14-23/h3-4,7-8,17,20,22H,1-2,5-6,9-16H2,(H,24,25). The summed E-state index contributed by atoms with van der Waals surface area (Å²) < 4.78 is 0. The zero-order chi connectivity index (χ0) is 17.5. The average Bonchev–Trinajstić information content (AvgIpc) is 2.90. The minimum Gasteiger partial charge on any atom is -0.481 e. The molecule has 1 aliphatic carbocycles. The number of carbonyl (C=O) groups is 1. The van der Waals surface area contributed by atoms with Crippen molar-refractivity contribution in [3.05, 3.63) is 35.4 Å². The van der Waals surface area contributed by atoms with Crippen LogP contribution in [0, 0.1) is 5.92 Å². The maximum atomic E-state index is 11.1. The van der Waals surface area contributed by atoms with Crippen molar-refractivity contribution in [3.63, 3.8) is 0 Å². The Morgan fingerprint density at radius 1 is 1.00 bits per heavy atom. The van der Waals surface area contributed by atoms with Crippen LogP contribution in [0.25, 0.3) is 0 Å². The van der Waals surface area contributed by atoms with E-state index in [1.165, 1.54) is 49.9 Å². The number of hydrogen-bond acceptors (Lipinski definition) is 3. The van der Waals surface area contributed by atoms with Crippen molar-refractivity contribution in [2.24, 2.45) is 5.92 Å². The van der Waals surface area contributed by atoms with Crippen LogP contribution in [0.3, 0.4) is 0 Å². The summed E-state index contributed by atoms with van der Waals surface area (Å²) in [5, 5.41) is 12.8. The monoisotopic (exact) mass is 344 g/mol. The summed E-state index contributed by atoms with van der Waals surface area (Å²) in [6, 6.07) is 9.24. The van der Waals surface area contributed by atoms with Crippen molar-refractivity contribution < 1.29 is 9.90 Å². The highest BCUT2D eigenvalue weighted by atomic mass is 16.4. The zero-order valence-electron chi connectivity index (χ0n) is 15.3. The number of carboxylic acids is 1. The Kier molecular flexibility index (Phi) is 6.88. The maximum absolute atomic E-state index is 11.1. The van der Waals surface area contributed by atoms with E-state index in [0.717, 1.165) is 38.8 Å². The van der Waals surface area contributed by atoms with Crippen molar-refractivity contribution in [2.45, 2.75) is 70.5 Å². The van der Waals surface area contributed by atoms with Gasteiger partial charge in [0.25, 0.3) is 0 Å². The van der Waals surface area contributed by atoms with Crippen LogP contribution in [0.1, 0.15) is 62.5 Å². The molecule has 0 atom stereocenters. The van der Waals surface area contributed by atoms with Gasteiger partial charge >= 0.3 is 5.97 Å². The van der Waals surface area contributed by atoms with Gasteiger partial charge in [-0.15, -0.1) is 0 Å². The van der Waals surface area contributed by atoms with Gasteiger partial charge in [-0.2, -0.15) is 0 Å². The van der Waals surface area contributed by atoms with Gasteiger partial charge in [0.05, 0.1) is 5.92 Å². The first-order valence-electron chi connectivity index (χ1n) is 9.97. The van der Waals surface area contributed by atoms with Crippen LogP contribution in [-0.4, -0.2) is 35.1 Å². The molecule has 2 fully saturated rings. The van der Waals surface area contributed by atoms with Crippen LogP contribution in [-0.2, 0) is 17.9 Å². The van der Waals surface area contributed by atoms with E-state index in [0.29, 0.717) is 6.04 Å². The molecule has 0 amide bonds. The van der Waals surface area contributed by atoms with Gasteiger partial charge in [0.1, 0.15) is 0 Å². The minimum absolute atomic E-state index is 0.131. The van der Waals surface area contributed by atoms with Crippen LogP contribution in [0.2, 0.25) is 0 Å². The topological polar surface area (TPSA) is 52.6 Å². The molecule has 0 bridgehead atoms. The third-order valence-electron chi connectivity index (χ3n) is 5.87. The predicted molar refractivity (Wildman–Crippen MR) is 100 cm³/mol. The van der Waals surface area contributed by atoms with Gasteiger partial charge in [-0.05, 0) is 62.7 Å². The van der Waals surface area contributed by atoms with Crippen molar-refractivity contribution in [1.29, 1.82) is 0 Å². The molecule has 3 rings (SSSR count). The fourth-order valence-electron chi connectivity index (χ4n) is 4.22. The molecule has 2 N–H and O–H groups in total. The Balaban J connectivity index is 1.51. The fourth-order valence-corrected chi connectivity index (χ4v) is 4.22. The lowest BCUT2D eigenvalue weighted by Gasteiger charge is -2.27. The Bertz CT molecular complexity index is 545. The molecule has 25 heavy (non-hydrogen) atoms. The Morgan fingerprint density at radius 2 is 1.64 bits per heavy atom. The molecular formula is C21H32N2O2. The van der Waals surface area contributed by atoms with Crippen molar-refractivity contribution in [3.8, 4) is 0 Å². The summed E-state index contributed by atoms with van der Waals surface area (Å²) in [7, 11) is 0. The molecule has 0 radical (unpaired) electrons. The number of nitrogens with zero attached hydrogens (tertiary/aromatic N) is 1. The number of rotatable bonds is 6. The summed E-state index contributed by atoms with van der Waals surface area (Å²) in [6.45, 7) is 4.40. The number of likely N-dealkylation sites (tertiary alicyclic amines) is 1. The number of hydrogen-bond donors (Lipinski definition) is 2. The number of nitrogens with one attached hydrogen (secondary N) is 1. The Labute approximate surface area is 151 Å². The average molecular weight is 344 g/mol. The van der Waals surface area contributed by atoms with E-state index in [1.807, 2.05) is 0 Å². The van der Waals surface area contributed by atoms with Crippen molar-refractivity contribution in [1.82, 2.24) is 10.2 Å². The summed E-state index contributed by atoms with van der Waals surface area (Å²) in [5.41, 5.74) is 2.84. The van der Waals surface area contributed by atoms with Gasteiger partial charge in [-0.1, -0.05) is 37.1 Å². The largest absolute Gasteiger partial charge is 0.481 e. The van der Waals surface area contributed by atoms with Crippen LogP contribution in [0.5, 0.6) is 0 Å². The van der Waals surface area contributed by atoms with Gasteiger partial charge in [0, 0.05) is 19.1 Å². The first kappa shape index (κ1) is 18.4. The maximum Gasteiger partial charge on any atom is 0.306 e. The second-order valence-electron chi connectivity index (χ2n) is 7.73. The normalized spacial score (nSPS) is 25.4. The van der Waals surface area contributed by atoms with E-state index in [4.69, 9.17) is 5.11 Å². The first-order valence-corrected chi connectivity index (χ1v) is 9.97. The molecule has 1 aliphatic heterocycles. The number of benzene rings is 1. The Morgan fingerprint density at radius 3 is 2.28 bits per heavy atom. The van der Waals surface area contributed by atoms with Gasteiger partial charge in [-0.25, -0.2) is 0 Å². The summed E-state index contributed by atoms with van der Waals surface area (Å²) in [5.74, 6) is -0.755. The number of aliphatic carboxylic acids is 1. The molecular weight excluding hydrogens is 312 g/mol. The third-order valence-corrected chi connectivity index (χ3v) is 5.87. The van der Waals surface area contributed by atoms with Crippen molar-refractivity contribution >= 4 is 5.97 Å². The highest BCUT2D eigenvalue weighted by Crippen LogP contribution is 2.25. The lowest BCUT2D eigenvalue weighted by Crippen LogP contribution is -2.35. The summed E-state index contributed by atoms with van der Waals surface area (Å²) >= 11 is 0. The van der Waals surface area contributed by atoms with Gasteiger partial charge < -0.3 is 10.4 Å². The third kappa shape index (κ3) is 5.55. The molecule has 1 saturated carbocycles. The summed E-state index contributed by atoms with van der Waals surface area (Å²) in [4.78, 5) is 13.7. The molecule has 1 aromatic carbocycles. The lowest BCUT2D eigenvalue weighted by molar-refractivity contribution is -0.142. The molecule has 4 heteroatoms. The fraction of sp³-hybridized carbons (Fsp3) is 0.667. The molecule has 1 heterocycles. The quantitative estimate of drug-likeness (QED) is 0.824. The lowest BCUT2D eigenvalue weighted by atomic mass is 9.86. The predicted octanol–water partition coefficient (Wildman–Crippen LogP) is 3.80. The van der Waals surface area contributed by atoms with Gasteiger partial charge in [0.2, 0.25) is 0 Å². The second-order valence-corrected chi connectivity index (χ2v) is 7.73. The minimum atomic E-state index is -0.624. The van der Waals surface area contributed by atoms with E-state index in [1.54, 1.807) is 0 Å².